The van der Waals surface area contributed by atoms with Crippen LogP contribution in [0.1, 0.15) is 28.2 Å². The molecule has 12 heteroatoms. The highest BCUT2D eigenvalue weighted by Crippen LogP contribution is 2.33. The number of non-ortho nitro benzene ring substituents is 1. The summed E-state index contributed by atoms with van der Waals surface area (Å²) < 4.78 is 42.8. The Kier molecular flexibility index (Phi) is 5.28. The number of carbonyl (C=O) groups excluding carboxylic acids is 1. The van der Waals surface area contributed by atoms with Crippen LogP contribution in [0.25, 0.3) is 5.69 Å². The Hall–Kier alpha value is -3.96. The lowest BCUT2D eigenvalue weighted by atomic mass is 10.0. The van der Waals surface area contributed by atoms with E-state index in [0.717, 1.165) is 6.07 Å². The van der Waals surface area contributed by atoms with Crippen molar-refractivity contribution in [2.75, 3.05) is 11.4 Å². The molecule has 0 spiro atoms. The average molecular weight is 447 g/mol. The number of hydrogen-bond donors (Lipinski definition) is 0. The fourth-order valence-electron chi connectivity index (χ4n) is 3.62. The monoisotopic (exact) mass is 447 g/mol. The molecule has 4 rings (SSSR count). The van der Waals surface area contributed by atoms with Gasteiger partial charge < -0.3 is 9.64 Å². The van der Waals surface area contributed by atoms with E-state index < -0.39 is 17.2 Å². The van der Waals surface area contributed by atoms with Crippen molar-refractivity contribution in [3.05, 3.63) is 69.5 Å². The minimum atomic E-state index is -4.81. The van der Waals surface area contributed by atoms with Gasteiger partial charge in [-0.2, -0.15) is 0 Å². The summed E-state index contributed by atoms with van der Waals surface area (Å²) in [4.78, 5) is 25.1. The van der Waals surface area contributed by atoms with Crippen molar-refractivity contribution in [1.82, 2.24) is 15.0 Å². The molecule has 166 valence electrons. The van der Waals surface area contributed by atoms with Gasteiger partial charge in [-0.1, -0.05) is 11.3 Å². The quantitative estimate of drug-likeness (QED) is 0.443. The second kappa shape index (κ2) is 7.94. The van der Waals surface area contributed by atoms with Crippen LogP contribution in [0.2, 0.25) is 0 Å². The second-order valence-electron chi connectivity index (χ2n) is 7.11. The largest absolute Gasteiger partial charge is 0.573 e. The zero-order valence-electron chi connectivity index (χ0n) is 16.7. The summed E-state index contributed by atoms with van der Waals surface area (Å²) in [6, 6.07) is 9.59. The number of hydrogen-bond acceptors (Lipinski definition) is 6. The number of nitro benzene ring substituents is 1. The molecule has 0 bridgehead atoms. The number of nitro groups is 1. The molecule has 1 amide bonds. The van der Waals surface area contributed by atoms with Gasteiger partial charge in [0, 0.05) is 24.4 Å². The van der Waals surface area contributed by atoms with E-state index in [1.54, 1.807) is 13.0 Å². The number of halogens is 3. The van der Waals surface area contributed by atoms with Gasteiger partial charge in [0.1, 0.15) is 5.75 Å². The number of carbonyl (C=O) groups is 1. The highest BCUT2D eigenvalue weighted by atomic mass is 19.4. The van der Waals surface area contributed by atoms with Crippen molar-refractivity contribution < 1.29 is 27.6 Å². The van der Waals surface area contributed by atoms with Gasteiger partial charge in [0.2, 0.25) is 0 Å². The van der Waals surface area contributed by atoms with E-state index in [4.69, 9.17) is 0 Å². The highest BCUT2D eigenvalue weighted by Gasteiger charge is 2.32. The molecule has 0 saturated carbocycles. The summed E-state index contributed by atoms with van der Waals surface area (Å²) in [6.07, 6.45) is -3.76. The minimum absolute atomic E-state index is 0.0416. The molecule has 0 radical (unpaired) electrons. The number of alkyl halides is 3. The summed E-state index contributed by atoms with van der Waals surface area (Å²) >= 11 is 0. The number of rotatable bonds is 4. The van der Waals surface area contributed by atoms with Crippen LogP contribution in [0, 0.1) is 17.0 Å². The molecule has 1 aliphatic heterocycles. The Morgan fingerprint density at radius 2 is 2.00 bits per heavy atom. The molecule has 0 N–H and O–H groups in total. The Balaban J connectivity index is 1.64. The third-order valence-corrected chi connectivity index (χ3v) is 5.03. The predicted molar refractivity (Wildman–Crippen MR) is 106 cm³/mol. The van der Waals surface area contributed by atoms with Crippen molar-refractivity contribution in [3.63, 3.8) is 0 Å². The van der Waals surface area contributed by atoms with Gasteiger partial charge in [-0.15, -0.1) is 18.3 Å². The van der Waals surface area contributed by atoms with Crippen LogP contribution < -0.4 is 9.64 Å². The lowest BCUT2D eigenvalue weighted by molar-refractivity contribution is -0.384. The number of fused-ring (bicyclic) bond motifs is 1. The number of aromatic nitrogens is 3. The smallest absolute Gasteiger partial charge is 0.406 e. The average Bonchev–Trinajstić information content (AvgIpc) is 3.13. The van der Waals surface area contributed by atoms with Gasteiger partial charge in [-0.25, -0.2) is 4.68 Å². The first-order chi connectivity index (χ1) is 15.1. The third kappa shape index (κ3) is 4.11. The van der Waals surface area contributed by atoms with Crippen LogP contribution in [-0.4, -0.2) is 38.7 Å². The number of ether oxygens (including phenoxy) is 1. The van der Waals surface area contributed by atoms with Crippen LogP contribution >= 0.6 is 0 Å². The van der Waals surface area contributed by atoms with Crippen LogP contribution in [0.5, 0.6) is 5.75 Å². The van der Waals surface area contributed by atoms with E-state index in [2.05, 4.69) is 15.0 Å². The molecule has 0 unspecified atom stereocenters. The summed E-state index contributed by atoms with van der Waals surface area (Å²) in [5, 5.41) is 19.0. The normalized spacial score (nSPS) is 13.6. The van der Waals surface area contributed by atoms with Crippen LogP contribution in [-0.2, 0) is 6.42 Å². The Morgan fingerprint density at radius 3 is 2.72 bits per heavy atom. The Labute approximate surface area is 179 Å². The van der Waals surface area contributed by atoms with Gasteiger partial charge in [0.15, 0.2) is 5.69 Å². The van der Waals surface area contributed by atoms with Crippen molar-refractivity contribution in [2.24, 2.45) is 0 Å². The molecule has 2 heterocycles. The number of nitrogens with zero attached hydrogens (tertiary/aromatic N) is 5. The summed E-state index contributed by atoms with van der Waals surface area (Å²) in [7, 11) is 0. The summed E-state index contributed by atoms with van der Waals surface area (Å²) in [5.41, 5.74) is 1.68. The lowest BCUT2D eigenvalue weighted by Gasteiger charge is -2.29. The Morgan fingerprint density at radius 1 is 1.22 bits per heavy atom. The topological polar surface area (TPSA) is 103 Å². The van der Waals surface area contributed by atoms with E-state index >= 15 is 0 Å². The summed E-state index contributed by atoms with van der Waals surface area (Å²) in [5.74, 6) is -0.817. The molecular weight excluding hydrogens is 431 g/mol. The first-order valence-electron chi connectivity index (χ1n) is 9.52. The molecule has 2 aromatic carbocycles. The van der Waals surface area contributed by atoms with Gasteiger partial charge in [-0.05, 0) is 49.6 Å². The maximum absolute atomic E-state index is 13.2. The minimum Gasteiger partial charge on any atom is -0.406 e. The Bertz CT molecular complexity index is 1210. The van der Waals surface area contributed by atoms with E-state index in [-0.39, 0.29) is 17.1 Å². The molecule has 0 fully saturated rings. The van der Waals surface area contributed by atoms with E-state index in [1.807, 2.05) is 0 Å². The van der Waals surface area contributed by atoms with Crippen LogP contribution in [0.4, 0.5) is 24.5 Å². The maximum atomic E-state index is 13.2. The first kappa shape index (κ1) is 21.3. The van der Waals surface area contributed by atoms with Crippen molar-refractivity contribution in [2.45, 2.75) is 26.1 Å². The number of anilines is 1. The number of benzene rings is 2. The molecule has 1 aromatic heterocycles. The number of aryl methyl sites for hydroxylation is 1. The van der Waals surface area contributed by atoms with Gasteiger partial charge in [0.25, 0.3) is 11.6 Å². The molecule has 9 nitrogen and oxygen atoms in total. The second-order valence-corrected chi connectivity index (χ2v) is 7.11. The first-order valence-corrected chi connectivity index (χ1v) is 9.52. The van der Waals surface area contributed by atoms with E-state index in [1.165, 1.54) is 39.9 Å². The summed E-state index contributed by atoms with van der Waals surface area (Å²) in [6.45, 7) is 1.96. The highest BCUT2D eigenvalue weighted by molar-refractivity contribution is 6.06. The van der Waals surface area contributed by atoms with Gasteiger partial charge >= 0.3 is 6.36 Å². The fourth-order valence-corrected chi connectivity index (χ4v) is 3.62. The zero-order chi connectivity index (χ0) is 23.0. The van der Waals surface area contributed by atoms with Crippen molar-refractivity contribution >= 4 is 17.3 Å². The third-order valence-electron chi connectivity index (χ3n) is 5.03. The fraction of sp³-hybridized carbons (Fsp3) is 0.250. The van der Waals surface area contributed by atoms with E-state index in [9.17, 15) is 28.1 Å². The molecule has 0 atom stereocenters. The van der Waals surface area contributed by atoms with Crippen molar-refractivity contribution in [3.8, 4) is 11.4 Å². The molecule has 32 heavy (non-hydrogen) atoms. The SMILES string of the molecule is Cc1c(C(=O)N2CCCc3cc(OC(F)(F)F)ccc32)nnn1-c1cccc([N+](=O)[O-])c1. The molecule has 3 aromatic rings. The van der Waals surface area contributed by atoms with Crippen LogP contribution in [0.3, 0.4) is 0 Å². The molecule has 1 aliphatic rings. The lowest BCUT2D eigenvalue weighted by Crippen LogP contribution is -2.36. The maximum Gasteiger partial charge on any atom is 0.573 e. The molecule has 0 aliphatic carbocycles. The predicted octanol–water partition coefficient (Wildman–Crippen LogP) is 3.98. The van der Waals surface area contributed by atoms with E-state index in [0.29, 0.717) is 42.0 Å². The molecule has 0 saturated heterocycles. The van der Waals surface area contributed by atoms with Crippen LogP contribution in [0.15, 0.2) is 42.5 Å². The van der Waals surface area contributed by atoms with Gasteiger partial charge in [-0.3, -0.25) is 14.9 Å². The van der Waals surface area contributed by atoms with Crippen molar-refractivity contribution in [1.29, 1.82) is 0 Å². The molecular formula is C20H16F3N5O4. The number of amides is 1. The zero-order valence-corrected chi connectivity index (χ0v) is 16.7. The standard InChI is InChI=1S/C20H16F3N5O4/c1-12-18(24-25-27(12)14-5-2-6-15(11-14)28(30)31)19(29)26-9-3-4-13-10-16(7-8-17(13)26)32-20(21,22)23/h2,5-8,10-11H,3-4,9H2,1H3. The van der Waals surface area contributed by atoms with Gasteiger partial charge in [0.05, 0.1) is 16.3 Å².